The van der Waals surface area contributed by atoms with Crippen molar-refractivity contribution in [2.24, 2.45) is 39.4 Å². The molecule has 0 amide bonds. The molecule has 5 rings (SSSR count). The van der Waals surface area contributed by atoms with E-state index in [1.807, 2.05) is 0 Å². The minimum absolute atomic E-state index is 0.0313. The van der Waals surface area contributed by atoms with Crippen molar-refractivity contribution in [1.82, 2.24) is 0 Å². The summed E-state index contributed by atoms with van der Waals surface area (Å²) >= 11 is 0. The van der Waals surface area contributed by atoms with Crippen molar-refractivity contribution in [2.45, 2.75) is 91.3 Å². The van der Waals surface area contributed by atoms with E-state index in [4.69, 9.17) is 4.74 Å². The first-order valence-electron chi connectivity index (χ1n) is 11.8. The van der Waals surface area contributed by atoms with E-state index in [2.05, 4.69) is 27.7 Å². The van der Waals surface area contributed by atoms with Crippen LogP contribution in [0.5, 0.6) is 0 Å². The molecule has 0 aromatic rings. The molecule has 2 N–H and O–H groups in total. The largest absolute Gasteiger partial charge is 0.458 e. The third-order valence-corrected chi connectivity index (χ3v) is 11.5. The Morgan fingerprint density at radius 1 is 1.00 bits per heavy atom. The van der Waals surface area contributed by atoms with Crippen LogP contribution in [0.1, 0.15) is 79.1 Å². The van der Waals surface area contributed by atoms with Crippen LogP contribution in [0, 0.1) is 39.4 Å². The van der Waals surface area contributed by atoms with Gasteiger partial charge in [0.15, 0.2) is 0 Å². The monoisotopic (exact) mass is 402 g/mol. The van der Waals surface area contributed by atoms with Crippen LogP contribution < -0.4 is 0 Å². The topological polar surface area (TPSA) is 66.8 Å². The summed E-state index contributed by atoms with van der Waals surface area (Å²) in [4.78, 5) is 11.8. The highest BCUT2D eigenvalue weighted by Crippen LogP contribution is 2.78. The molecule has 4 nitrogen and oxygen atoms in total. The number of cyclic esters (lactones) is 1. The van der Waals surface area contributed by atoms with E-state index in [-0.39, 0.29) is 45.8 Å². The average molecular weight is 403 g/mol. The van der Waals surface area contributed by atoms with Crippen LogP contribution in [0.25, 0.3) is 0 Å². The first kappa shape index (κ1) is 20.1. The lowest BCUT2D eigenvalue weighted by Crippen LogP contribution is -2.67. The fourth-order valence-electron chi connectivity index (χ4n) is 9.39. The van der Waals surface area contributed by atoms with Crippen LogP contribution in [0.15, 0.2) is 11.6 Å². The summed E-state index contributed by atoms with van der Waals surface area (Å²) in [6.45, 7) is 10.1. The van der Waals surface area contributed by atoms with E-state index >= 15 is 0 Å². The molecule has 0 saturated heterocycles. The lowest BCUT2D eigenvalue weighted by atomic mass is 9.34. The summed E-state index contributed by atoms with van der Waals surface area (Å²) in [6.07, 6.45) is 9.47. The Balaban J connectivity index is 1.56. The SMILES string of the molecule is CC12CCC(O)CC1CCC1(C)C2CC(O)C2(C)C(C3=CC(=O)OC3)CCC12C. The second-order valence-corrected chi connectivity index (χ2v) is 11.9. The number of fused-ring (bicyclic) bond motifs is 5. The minimum atomic E-state index is -0.364. The molecule has 5 aliphatic rings. The van der Waals surface area contributed by atoms with Gasteiger partial charge in [-0.2, -0.15) is 0 Å². The number of carbonyl (C=O) groups is 1. The van der Waals surface area contributed by atoms with E-state index in [9.17, 15) is 15.0 Å². The lowest BCUT2D eigenvalue weighted by Gasteiger charge is -2.71. The highest BCUT2D eigenvalue weighted by molar-refractivity contribution is 5.85. The zero-order valence-electron chi connectivity index (χ0n) is 18.5. The summed E-state index contributed by atoms with van der Waals surface area (Å²) in [7, 11) is 0. The smallest absolute Gasteiger partial charge is 0.331 e. The molecule has 0 bridgehead atoms. The maximum Gasteiger partial charge on any atom is 0.331 e. The van der Waals surface area contributed by atoms with Crippen molar-refractivity contribution < 1.29 is 19.7 Å². The van der Waals surface area contributed by atoms with Crippen molar-refractivity contribution in [3.05, 3.63) is 11.6 Å². The Morgan fingerprint density at radius 2 is 1.76 bits per heavy atom. The molecule has 0 aromatic heterocycles. The number of hydrogen-bond donors (Lipinski definition) is 2. The van der Waals surface area contributed by atoms with Crippen LogP contribution in [-0.4, -0.2) is 35.0 Å². The molecule has 9 unspecified atom stereocenters. The van der Waals surface area contributed by atoms with Crippen molar-refractivity contribution in [1.29, 1.82) is 0 Å². The van der Waals surface area contributed by atoms with E-state index < -0.39 is 0 Å². The molecule has 4 fully saturated rings. The van der Waals surface area contributed by atoms with Gasteiger partial charge in [0.1, 0.15) is 6.61 Å². The molecule has 4 heteroatoms. The van der Waals surface area contributed by atoms with E-state index in [1.165, 1.54) is 12.8 Å². The number of carbonyl (C=O) groups excluding carboxylic acids is 1. The van der Waals surface area contributed by atoms with E-state index in [0.29, 0.717) is 18.4 Å². The predicted molar refractivity (Wildman–Crippen MR) is 111 cm³/mol. The average Bonchev–Trinajstić information content (AvgIpc) is 3.21. The van der Waals surface area contributed by atoms with Gasteiger partial charge >= 0.3 is 5.97 Å². The van der Waals surface area contributed by atoms with Crippen LogP contribution in [0.4, 0.5) is 0 Å². The summed E-state index contributed by atoms with van der Waals surface area (Å²) in [5.74, 6) is 1.07. The summed E-state index contributed by atoms with van der Waals surface area (Å²) in [5.41, 5.74) is 1.29. The molecule has 0 radical (unpaired) electrons. The molecule has 9 atom stereocenters. The van der Waals surface area contributed by atoms with Crippen LogP contribution >= 0.6 is 0 Å². The van der Waals surface area contributed by atoms with Gasteiger partial charge in [-0.05, 0) is 90.9 Å². The number of ether oxygens (including phenoxy) is 1. The standard InChI is InChI=1S/C25H38O4/c1-22-8-6-17(26)12-16(22)5-9-23(2)19(22)13-20(27)25(4)18(7-10-24(23,25)3)15-11-21(28)29-14-15/h11,16-20,26-27H,5-10,12-14H2,1-4H3. The Kier molecular flexibility index (Phi) is 4.22. The Hall–Kier alpha value is -0.870. The predicted octanol–water partition coefficient (Wildman–Crippen LogP) is 4.24. The zero-order valence-corrected chi connectivity index (χ0v) is 18.5. The lowest BCUT2D eigenvalue weighted by molar-refractivity contribution is -0.248. The maximum absolute atomic E-state index is 11.8. The third-order valence-electron chi connectivity index (χ3n) is 11.5. The number of esters is 1. The van der Waals surface area contributed by atoms with Gasteiger partial charge in [-0.1, -0.05) is 27.7 Å². The first-order chi connectivity index (χ1) is 13.6. The third kappa shape index (κ3) is 2.31. The Morgan fingerprint density at radius 3 is 2.45 bits per heavy atom. The molecular formula is C25H38O4. The molecular weight excluding hydrogens is 364 g/mol. The van der Waals surface area contributed by atoms with E-state index in [0.717, 1.165) is 44.1 Å². The second-order valence-electron chi connectivity index (χ2n) is 11.9. The number of hydrogen-bond acceptors (Lipinski definition) is 4. The number of aliphatic hydroxyl groups is 2. The Bertz CT molecular complexity index is 760. The van der Waals surface area contributed by atoms with Gasteiger partial charge in [-0.15, -0.1) is 0 Å². The fourth-order valence-corrected chi connectivity index (χ4v) is 9.39. The molecule has 1 heterocycles. The van der Waals surface area contributed by atoms with Gasteiger partial charge in [0, 0.05) is 11.5 Å². The molecule has 4 aliphatic carbocycles. The van der Waals surface area contributed by atoms with Gasteiger partial charge < -0.3 is 14.9 Å². The number of rotatable bonds is 1. The molecule has 162 valence electrons. The minimum Gasteiger partial charge on any atom is -0.458 e. The number of aliphatic hydroxyl groups excluding tert-OH is 2. The van der Waals surface area contributed by atoms with Gasteiger partial charge in [-0.25, -0.2) is 4.79 Å². The summed E-state index contributed by atoms with van der Waals surface area (Å²) in [5, 5.41) is 22.0. The maximum atomic E-state index is 11.8. The first-order valence-corrected chi connectivity index (χ1v) is 11.8. The van der Waals surface area contributed by atoms with E-state index in [1.54, 1.807) is 6.08 Å². The molecule has 0 aromatic carbocycles. The van der Waals surface area contributed by atoms with Gasteiger partial charge in [-0.3, -0.25) is 0 Å². The summed E-state index contributed by atoms with van der Waals surface area (Å²) in [6, 6.07) is 0. The summed E-state index contributed by atoms with van der Waals surface area (Å²) < 4.78 is 5.26. The van der Waals surface area contributed by atoms with Gasteiger partial charge in [0.05, 0.1) is 12.2 Å². The van der Waals surface area contributed by atoms with Crippen molar-refractivity contribution in [3.8, 4) is 0 Å². The van der Waals surface area contributed by atoms with Gasteiger partial charge in [0.25, 0.3) is 0 Å². The fraction of sp³-hybridized carbons (Fsp3) is 0.880. The highest BCUT2D eigenvalue weighted by atomic mass is 16.5. The van der Waals surface area contributed by atoms with Crippen molar-refractivity contribution in [3.63, 3.8) is 0 Å². The second kappa shape index (κ2) is 6.09. The molecule has 1 aliphatic heterocycles. The van der Waals surface area contributed by atoms with Crippen LogP contribution in [0.3, 0.4) is 0 Å². The van der Waals surface area contributed by atoms with Crippen molar-refractivity contribution in [2.75, 3.05) is 6.61 Å². The van der Waals surface area contributed by atoms with Crippen LogP contribution in [-0.2, 0) is 9.53 Å². The quantitative estimate of drug-likeness (QED) is 0.644. The highest BCUT2D eigenvalue weighted by Gasteiger charge is 2.73. The zero-order chi connectivity index (χ0) is 20.8. The van der Waals surface area contributed by atoms with Gasteiger partial charge in [0.2, 0.25) is 0 Å². The van der Waals surface area contributed by atoms with Crippen molar-refractivity contribution >= 4 is 5.97 Å². The molecule has 4 saturated carbocycles. The van der Waals surface area contributed by atoms with Crippen LogP contribution in [0.2, 0.25) is 0 Å². The molecule has 0 spiro atoms. The normalized spacial score (nSPS) is 56.8. The molecule has 29 heavy (non-hydrogen) atoms. The Labute approximate surface area is 175 Å².